The molecule has 2 N–H and O–H groups in total. The number of benzene rings is 3. The quantitative estimate of drug-likeness (QED) is 0.131. The van der Waals surface area contributed by atoms with Crippen LogP contribution < -0.4 is 24.8 Å². The molecule has 0 aromatic heterocycles. The van der Waals surface area contributed by atoms with Gasteiger partial charge in [-0.15, -0.1) is 0 Å². The van der Waals surface area contributed by atoms with Crippen LogP contribution in [-0.2, 0) is 32.1 Å². The summed E-state index contributed by atoms with van der Waals surface area (Å²) in [6.07, 6.45) is 3.28. The molecule has 55 heavy (non-hydrogen) atoms. The van der Waals surface area contributed by atoms with E-state index in [1.807, 2.05) is 46.2 Å². The molecule has 1 aliphatic carbocycles. The van der Waals surface area contributed by atoms with Crippen molar-refractivity contribution >= 4 is 23.9 Å². The van der Waals surface area contributed by atoms with Gasteiger partial charge >= 0.3 is 0 Å². The zero-order valence-electron chi connectivity index (χ0n) is 30.8. The number of nitrogens with zero attached hydrogens (tertiary/aromatic N) is 2. The summed E-state index contributed by atoms with van der Waals surface area (Å²) >= 11 is 0. The first-order valence-corrected chi connectivity index (χ1v) is 18.6. The van der Waals surface area contributed by atoms with Crippen LogP contribution in [0, 0.1) is 17.5 Å². The second-order valence-electron chi connectivity index (χ2n) is 14.5. The summed E-state index contributed by atoms with van der Waals surface area (Å²) < 4.78 is 63.0. The first-order chi connectivity index (χ1) is 26.6. The lowest BCUT2D eigenvalue weighted by Gasteiger charge is -2.45. The molecule has 3 aliphatic heterocycles. The third-order valence-electron chi connectivity index (χ3n) is 10.8. The van der Waals surface area contributed by atoms with E-state index in [-0.39, 0.29) is 36.6 Å². The summed E-state index contributed by atoms with van der Waals surface area (Å²) in [5.41, 5.74) is 4.27. The molecule has 3 aromatic rings. The second kappa shape index (κ2) is 16.7. The number of hydrogen-bond donors (Lipinski definition) is 2. The monoisotopic (exact) mass is 762 g/mol. The van der Waals surface area contributed by atoms with E-state index in [2.05, 4.69) is 10.6 Å². The fourth-order valence-electron chi connectivity index (χ4n) is 7.87. The molecule has 2 saturated heterocycles. The van der Waals surface area contributed by atoms with Gasteiger partial charge in [-0.25, -0.2) is 8.78 Å². The van der Waals surface area contributed by atoms with Crippen molar-refractivity contribution in [2.75, 3.05) is 40.5 Å². The molecule has 0 spiro atoms. The van der Waals surface area contributed by atoms with E-state index < -0.39 is 35.3 Å². The minimum Gasteiger partial charge on any atom is -0.497 e. The Kier molecular flexibility index (Phi) is 11.6. The topological polar surface area (TPSA) is 119 Å². The van der Waals surface area contributed by atoms with E-state index in [0.29, 0.717) is 75.4 Å². The number of amides is 2. The van der Waals surface area contributed by atoms with E-state index in [1.54, 1.807) is 20.3 Å². The molecule has 7 rings (SSSR count). The van der Waals surface area contributed by atoms with Crippen LogP contribution >= 0.6 is 0 Å². The van der Waals surface area contributed by atoms with Gasteiger partial charge in [-0.1, -0.05) is 24.3 Å². The maximum Gasteiger partial charge on any atom is 0.293 e. The van der Waals surface area contributed by atoms with E-state index in [0.717, 1.165) is 47.2 Å². The Morgan fingerprint density at radius 2 is 1.67 bits per heavy atom. The number of piperazine rings is 1. The summed E-state index contributed by atoms with van der Waals surface area (Å²) in [6.45, 7) is 1.91. The predicted molar refractivity (Wildman–Crippen MR) is 196 cm³/mol. The number of nitrogens with one attached hydrogen (secondary N) is 2. The number of rotatable bonds is 15. The fraction of sp³-hybridized carbons (Fsp3) is 0.439. The number of methoxy groups -OCH3 is 2. The van der Waals surface area contributed by atoms with Crippen molar-refractivity contribution in [1.82, 2.24) is 20.4 Å². The molecule has 1 saturated carbocycles. The number of ether oxygens (including phenoxy) is 4. The van der Waals surface area contributed by atoms with Gasteiger partial charge in [0.1, 0.15) is 17.6 Å². The molecule has 11 nitrogen and oxygen atoms in total. The van der Waals surface area contributed by atoms with E-state index in [4.69, 9.17) is 18.9 Å². The van der Waals surface area contributed by atoms with Crippen LogP contribution in [0.2, 0.25) is 0 Å². The molecule has 3 fully saturated rings. The maximum atomic E-state index is 15.0. The van der Waals surface area contributed by atoms with Gasteiger partial charge in [0.2, 0.25) is 11.7 Å². The zero-order valence-corrected chi connectivity index (χ0v) is 30.8. The summed E-state index contributed by atoms with van der Waals surface area (Å²) in [5.74, 6) is -3.13. The van der Waals surface area contributed by atoms with Crippen LogP contribution in [0.4, 0.5) is 13.2 Å². The van der Waals surface area contributed by atoms with Crippen molar-refractivity contribution < 1.29 is 46.5 Å². The van der Waals surface area contributed by atoms with Gasteiger partial charge in [-0.3, -0.25) is 14.4 Å². The molecule has 3 heterocycles. The summed E-state index contributed by atoms with van der Waals surface area (Å²) in [5, 5.41) is 6.84. The van der Waals surface area contributed by atoms with Gasteiger partial charge in [0.15, 0.2) is 17.4 Å². The molecule has 2 amide bonds. The van der Waals surface area contributed by atoms with E-state index >= 15 is 0 Å². The number of carbonyl (C=O) groups excluding carboxylic acids is 3. The fourth-order valence-corrected chi connectivity index (χ4v) is 7.87. The van der Waals surface area contributed by atoms with Gasteiger partial charge in [0.25, 0.3) is 12.4 Å². The molecule has 0 radical (unpaired) electrons. The van der Waals surface area contributed by atoms with E-state index in [9.17, 15) is 27.6 Å². The normalized spacial score (nSPS) is 21.9. The minimum atomic E-state index is -1.35. The SMILES string of the molecule is COc1cc(CN(C(=O)C2=C(c3ccc(CCCOc4c(F)ccc(F)c4F)cc3)C[C@H]3CN(C(=O)C4C[C@@H](OC=O)CN4)C[C@H]2N3)C2CC2)cc(OC)c1. The minimum absolute atomic E-state index is 0.00952. The highest BCUT2D eigenvalue weighted by Gasteiger charge is 2.45. The standard InChI is InChI=1S/C41H45F3N4O7/c1-52-29-14-25(15-30(17-29)53-2)20-48(28-9-10-28)41(51)37-32(16-27-21-47(22-36(37)46-27)40(50)35-18-31(19-45-35)55-23-49)26-7-5-24(6-8-26)4-3-13-54-39-34(43)12-11-33(42)38(39)44/h5-8,11-12,14-15,17,23,27-28,31,35-36,45-46H,3-4,9-10,13,16,18-22H2,1-2H3/t27-,31+,35?,36+/m0/s1. The van der Waals surface area contributed by atoms with Gasteiger partial charge in [0, 0.05) is 56.3 Å². The largest absolute Gasteiger partial charge is 0.497 e. The molecule has 2 bridgehead atoms. The number of aryl methyl sites for hydroxylation is 1. The van der Waals surface area contributed by atoms with Crippen molar-refractivity contribution in [1.29, 1.82) is 0 Å². The highest BCUT2D eigenvalue weighted by atomic mass is 19.2. The van der Waals surface area contributed by atoms with Crippen molar-refractivity contribution in [3.05, 3.63) is 94.3 Å². The Morgan fingerprint density at radius 1 is 0.945 bits per heavy atom. The van der Waals surface area contributed by atoms with Crippen LogP contribution in [0.3, 0.4) is 0 Å². The van der Waals surface area contributed by atoms with Crippen LogP contribution in [0.5, 0.6) is 17.2 Å². The Balaban J connectivity index is 1.14. The highest BCUT2D eigenvalue weighted by molar-refractivity contribution is 6.03. The molecule has 4 atom stereocenters. The third-order valence-corrected chi connectivity index (χ3v) is 10.8. The molecule has 1 unspecified atom stereocenters. The third kappa shape index (κ3) is 8.60. The summed E-state index contributed by atoms with van der Waals surface area (Å²) in [4.78, 5) is 43.4. The van der Waals surface area contributed by atoms with Crippen LogP contribution in [0.25, 0.3) is 5.57 Å². The summed E-state index contributed by atoms with van der Waals surface area (Å²) in [6, 6.07) is 14.1. The predicted octanol–water partition coefficient (Wildman–Crippen LogP) is 4.55. The molecule has 4 aliphatic rings. The number of carbonyl (C=O) groups is 3. The highest BCUT2D eigenvalue weighted by Crippen LogP contribution is 2.38. The number of hydrogen-bond acceptors (Lipinski definition) is 9. The Bertz CT molecular complexity index is 1920. The van der Waals surface area contributed by atoms with Crippen LogP contribution in [-0.4, -0.2) is 98.8 Å². The van der Waals surface area contributed by atoms with Gasteiger partial charge < -0.3 is 39.4 Å². The molecular weight excluding hydrogens is 717 g/mol. The average molecular weight is 763 g/mol. The van der Waals surface area contributed by atoms with Crippen molar-refractivity contribution in [2.24, 2.45) is 0 Å². The molecular formula is C41H45F3N4O7. The van der Waals surface area contributed by atoms with Crippen molar-refractivity contribution in [3.8, 4) is 17.2 Å². The lowest BCUT2D eigenvalue weighted by Crippen LogP contribution is -2.63. The van der Waals surface area contributed by atoms with Crippen molar-refractivity contribution in [2.45, 2.75) is 75.3 Å². The lowest BCUT2D eigenvalue weighted by molar-refractivity contribution is -0.137. The van der Waals surface area contributed by atoms with Gasteiger partial charge in [-0.05, 0) is 78.6 Å². The molecule has 292 valence electrons. The summed E-state index contributed by atoms with van der Waals surface area (Å²) in [7, 11) is 3.18. The smallest absolute Gasteiger partial charge is 0.293 e. The second-order valence-corrected chi connectivity index (χ2v) is 14.5. The average Bonchev–Trinajstić information content (AvgIpc) is 3.94. The van der Waals surface area contributed by atoms with E-state index in [1.165, 1.54) is 0 Å². The zero-order chi connectivity index (χ0) is 38.6. The molecule has 14 heteroatoms. The lowest BCUT2D eigenvalue weighted by atomic mass is 9.82. The van der Waals surface area contributed by atoms with Gasteiger partial charge in [-0.2, -0.15) is 4.39 Å². The van der Waals surface area contributed by atoms with Crippen molar-refractivity contribution in [3.63, 3.8) is 0 Å². The Labute approximate surface area is 317 Å². The first kappa shape index (κ1) is 38.2. The molecule has 3 aromatic carbocycles. The van der Waals surface area contributed by atoms with Crippen LogP contribution in [0.15, 0.2) is 60.2 Å². The Hall–Kier alpha value is -5.08. The maximum absolute atomic E-state index is 15.0. The number of fused-ring (bicyclic) bond motifs is 2. The first-order valence-electron chi connectivity index (χ1n) is 18.6. The number of halogens is 3. The Morgan fingerprint density at radius 3 is 2.36 bits per heavy atom. The van der Waals surface area contributed by atoms with Gasteiger partial charge in [0.05, 0.1) is 32.9 Å². The van der Waals surface area contributed by atoms with Crippen LogP contribution in [0.1, 0.15) is 48.8 Å².